The minimum atomic E-state index is -4.51. The molecular formula is C19H13BrF6N4. The van der Waals surface area contributed by atoms with E-state index in [4.69, 9.17) is 0 Å². The Morgan fingerprint density at radius 1 is 0.767 bits per heavy atom. The number of aromatic nitrogens is 2. The second-order valence-electron chi connectivity index (χ2n) is 6.20. The number of hydrogen-bond acceptors (Lipinski definition) is 4. The first-order valence-corrected chi connectivity index (χ1v) is 9.15. The quantitative estimate of drug-likeness (QED) is 0.384. The lowest BCUT2D eigenvalue weighted by molar-refractivity contribution is -0.138. The standard InChI is InChI=1S/C19H13BrF6N4/c1-10-15(20)16(28-13-6-2-4-11(8-13)18(21,22)23)30-17(27-10)29-14-7-3-5-12(9-14)19(24,25)26/h2-9H,1H3,(H2,27,28,29,30). The number of rotatable bonds is 4. The van der Waals surface area contributed by atoms with Gasteiger partial charge in [0.1, 0.15) is 0 Å². The van der Waals surface area contributed by atoms with E-state index in [1.807, 2.05) is 0 Å². The van der Waals surface area contributed by atoms with E-state index < -0.39 is 23.5 Å². The number of nitrogens with zero attached hydrogens (tertiary/aromatic N) is 2. The summed E-state index contributed by atoms with van der Waals surface area (Å²) in [6, 6.07) is 9.01. The normalized spacial score (nSPS) is 12.0. The molecule has 4 nitrogen and oxygen atoms in total. The molecule has 158 valence electrons. The fourth-order valence-corrected chi connectivity index (χ4v) is 2.79. The van der Waals surface area contributed by atoms with E-state index in [1.165, 1.54) is 24.3 Å². The van der Waals surface area contributed by atoms with E-state index in [-0.39, 0.29) is 23.1 Å². The maximum absolute atomic E-state index is 12.9. The van der Waals surface area contributed by atoms with Gasteiger partial charge < -0.3 is 10.6 Å². The van der Waals surface area contributed by atoms with Crippen LogP contribution in [0.2, 0.25) is 0 Å². The topological polar surface area (TPSA) is 49.8 Å². The molecule has 0 aliphatic heterocycles. The molecule has 1 heterocycles. The van der Waals surface area contributed by atoms with Gasteiger partial charge >= 0.3 is 12.4 Å². The van der Waals surface area contributed by atoms with Crippen LogP contribution in [-0.4, -0.2) is 9.97 Å². The highest BCUT2D eigenvalue weighted by Gasteiger charge is 2.31. The molecule has 11 heteroatoms. The van der Waals surface area contributed by atoms with Crippen LogP contribution in [0.15, 0.2) is 53.0 Å². The summed E-state index contributed by atoms with van der Waals surface area (Å²) in [4.78, 5) is 8.31. The van der Waals surface area contributed by atoms with Crippen molar-refractivity contribution in [3.63, 3.8) is 0 Å². The zero-order valence-electron chi connectivity index (χ0n) is 15.2. The summed E-state index contributed by atoms with van der Waals surface area (Å²) >= 11 is 3.27. The van der Waals surface area contributed by atoms with Crippen molar-refractivity contribution in [2.24, 2.45) is 0 Å². The Hall–Kier alpha value is -2.82. The Labute approximate surface area is 175 Å². The van der Waals surface area contributed by atoms with Gasteiger partial charge in [0.05, 0.1) is 21.3 Å². The molecule has 0 saturated carbocycles. The molecule has 0 spiro atoms. The van der Waals surface area contributed by atoms with Crippen molar-refractivity contribution >= 4 is 39.1 Å². The molecule has 0 fully saturated rings. The molecule has 0 amide bonds. The van der Waals surface area contributed by atoms with Crippen LogP contribution in [0.1, 0.15) is 16.8 Å². The predicted octanol–water partition coefficient (Wildman–Crippen LogP) is 7.07. The third-order valence-corrected chi connectivity index (χ3v) is 4.86. The molecule has 0 aliphatic rings. The Bertz CT molecular complexity index is 1070. The fourth-order valence-electron chi connectivity index (χ4n) is 2.51. The van der Waals surface area contributed by atoms with E-state index in [0.717, 1.165) is 24.3 Å². The molecule has 30 heavy (non-hydrogen) atoms. The molecule has 1 aromatic heterocycles. The largest absolute Gasteiger partial charge is 0.416 e. The van der Waals surface area contributed by atoms with E-state index in [9.17, 15) is 26.3 Å². The average Bonchev–Trinajstić information content (AvgIpc) is 2.65. The first-order chi connectivity index (χ1) is 13.9. The van der Waals surface area contributed by atoms with Crippen LogP contribution in [0.4, 0.5) is 49.5 Å². The van der Waals surface area contributed by atoms with Crippen molar-refractivity contribution in [1.82, 2.24) is 9.97 Å². The SMILES string of the molecule is Cc1nc(Nc2cccc(C(F)(F)F)c2)nc(Nc2cccc(C(F)(F)F)c2)c1Br. The summed E-state index contributed by atoms with van der Waals surface area (Å²) in [5.74, 6) is 0.126. The highest BCUT2D eigenvalue weighted by atomic mass is 79.9. The number of benzene rings is 2. The number of halogens is 7. The lowest BCUT2D eigenvalue weighted by Gasteiger charge is -2.14. The minimum Gasteiger partial charge on any atom is -0.339 e. The molecule has 0 radical (unpaired) electrons. The first-order valence-electron chi connectivity index (χ1n) is 8.36. The van der Waals surface area contributed by atoms with Gasteiger partial charge in [-0.2, -0.15) is 31.3 Å². The number of aryl methyl sites for hydroxylation is 1. The molecule has 2 aromatic carbocycles. The summed E-state index contributed by atoms with van der Waals surface area (Å²) in [5, 5.41) is 5.45. The second-order valence-corrected chi connectivity index (χ2v) is 7.00. The van der Waals surface area contributed by atoms with Crippen molar-refractivity contribution < 1.29 is 26.3 Å². The van der Waals surface area contributed by atoms with Gasteiger partial charge in [-0.15, -0.1) is 0 Å². The Morgan fingerprint density at radius 2 is 1.27 bits per heavy atom. The van der Waals surface area contributed by atoms with Crippen molar-refractivity contribution in [3.8, 4) is 0 Å². The number of alkyl halides is 6. The Balaban J connectivity index is 1.90. The average molecular weight is 491 g/mol. The van der Waals surface area contributed by atoms with Crippen molar-refractivity contribution in [2.45, 2.75) is 19.3 Å². The maximum Gasteiger partial charge on any atom is 0.416 e. The van der Waals surface area contributed by atoms with E-state index in [2.05, 4.69) is 36.5 Å². The molecule has 0 saturated heterocycles. The molecule has 0 bridgehead atoms. The van der Waals surface area contributed by atoms with Gasteiger partial charge in [-0.1, -0.05) is 12.1 Å². The lowest BCUT2D eigenvalue weighted by Crippen LogP contribution is -2.08. The van der Waals surface area contributed by atoms with Gasteiger partial charge in [0.15, 0.2) is 5.82 Å². The summed E-state index contributed by atoms with van der Waals surface area (Å²) in [6.45, 7) is 1.61. The van der Waals surface area contributed by atoms with Crippen molar-refractivity contribution in [3.05, 3.63) is 69.8 Å². The summed E-state index contributed by atoms with van der Waals surface area (Å²) in [5.41, 5.74) is -1.01. The third kappa shape index (κ3) is 5.21. The second kappa shape index (κ2) is 8.13. The lowest BCUT2D eigenvalue weighted by atomic mass is 10.2. The van der Waals surface area contributed by atoms with Crippen molar-refractivity contribution in [2.75, 3.05) is 10.6 Å². The van der Waals surface area contributed by atoms with Gasteiger partial charge in [-0.25, -0.2) is 4.98 Å². The van der Waals surface area contributed by atoms with Gasteiger partial charge in [0.25, 0.3) is 0 Å². The monoisotopic (exact) mass is 490 g/mol. The zero-order valence-corrected chi connectivity index (χ0v) is 16.7. The van der Waals surface area contributed by atoms with E-state index >= 15 is 0 Å². The fraction of sp³-hybridized carbons (Fsp3) is 0.158. The summed E-state index contributed by atoms with van der Waals surface area (Å²) < 4.78 is 77.8. The van der Waals surface area contributed by atoms with Crippen LogP contribution in [-0.2, 0) is 12.4 Å². The van der Waals surface area contributed by atoms with Gasteiger partial charge in [0, 0.05) is 11.4 Å². The molecule has 3 aromatic rings. The molecule has 3 rings (SSSR count). The highest BCUT2D eigenvalue weighted by molar-refractivity contribution is 9.10. The van der Waals surface area contributed by atoms with E-state index in [1.54, 1.807) is 6.92 Å². The molecule has 0 aliphatic carbocycles. The van der Waals surface area contributed by atoms with E-state index in [0.29, 0.717) is 10.2 Å². The van der Waals surface area contributed by atoms with Gasteiger partial charge in [-0.3, -0.25) is 0 Å². The van der Waals surface area contributed by atoms with Crippen LogP contribution >= 0.6 is 15.9 Å². The minimum absolute atomic E-state index is 0.0236. The Kier molecular flexibility index (Phi) is 5.93. The number of anilines is 4. The van der Waals surface area contributed by atoms with Crippen LogP contribution in [0.3, 0.4) is 0 Å². The predicted molar refractivity (Wildman–Crippen MR) is 104 cm³/mol. The maximum atomic E-state index is 12.9. The van der Waals surface area contributed by atoms with Crippen LogP contribution in [0.25, 0.3) is 0 Å². The molecule has 0 unspecified atom stereocenters. The van der Waals surface area contributed by atoms with Crippen LogP contribution < -0.4 is 10.6 Å². The molecule has 0 atom stereocenters. The smallest absolute Gasteiger partial charge is 0.339 e. The summed E-state index contributed by atoms with van der Waals surface area (Å²) in [6.07, 6.45) is -9.02. The molecule has 2 N–H and O–H groups in total. The van der Waals surface area contributed by atoms with Crippen molar-refractivity contribution in [1.29, 1.82) is 0 Å². The first kappa shape index (κ1) is 21.9. The highest BCUT2D eigenvalue weighted by Crippen LogP contribution is 2.34. The number of nitrogens with one attached hydrogen (secondary N) is 2. The molecular weight excluding hydrogens is 478 g/mol. The van der Waals surface area contributed by atoms with Gasteiger partial charge in [0.2, 0.25) is 5.95 Å². The van der Waals surface area contributed by atoms with Gasteiger partial charge in [-0.05, 0) is 59.3 Å². The summed E-state index contributed by atoms with van der Waals surface area (Å²) in [7, 11) is 0. The van der Waals surface area contributed by atoms with Crippen LogP contribution in [0.5, 0.6) is 0 Å². The zero-order chi connectivity index (χ0) is 22.1. The number of hydrogen-bond donors (Lipinski definition) is 2. The van der Waals surface area contributed by atoms with Crippen LogP contribution in [0, 0.1) is 6.92 Å². The third-order valence-electron chi connectivity index (χ3n) is 3.92. The Morgan fingerprint density at radius 3 is 1.77 bits per heavy atom.